The maximum Gasteiger partial charge on any atom is 0.262 e. The molecule has 0 atom stereocenters. The average molecular weight is 371 g/mol. The molecule has 0 radical (unpaired) electrons. The van der Waals surface area contributed by atoms with Gasteiger partial charge in [-0.2, -0.15) is 0 Å². The number of benzene rings is 2. The van der Waals surface area contributed by atoms with Crippen LogP contribution in [0, 0.1) is 0 Å². The second kappa shape index (κ2) is 11.8. The van der Waals surface area contributed by atoms with Crippen molar-refractivity contribution in [2.24, 2.45) is 0 Å². The molecule has 0 heterocycles. The van der Waals surface area contributed by atoms with E-state index in [0.717, 1.165) is 18.8 Å². The second-order valence-corrected chi connectivity index (χ2v) is 6.44. The lowest BCUT2D eigenvalue weighted by Crippen LogP contribution is -2.20. The summed E-state index contributed by atoms with van der Waals surface area (Å²) >= 11 is 0. The Hall–Kier alpha value is -2.69. The van der Waals surface area contributed by atoms with E-state index in [1.54, 1.807) is 30.3 Å². The van der Waals surface area contributed by atoms with Crippen molar-refractivity contribution in [3.63, 3.8) is 0 Å². The number of para-hydroxylation sites is 2. The number of hydrogen-bond donors (Lipinski definition) is 2. The molecule has 0 saturated heterocycles. The molecule has 0 aromatic heterocycles. The van der Waals surface area contributed by atoms with E-state index in [9.17, 15) is 9.90 Å². The standard InChI is InChI=1S/C22H29NO4/c1-2-3-4-5-6-9-16-26-18-12-14-19(15-13-18)27-17-22(25)23-20-10-7-8-11-21(20)24/h7-8,10-15,24H,2-6,9,16-17H2,1H3,(H,23,25). The van der Waals surface area contributed by atoms with Crippen molar-refractivity contribution in [3.05, 3.63) is 48.5 Å². The number of ether oxygens (including phenoxy) is 2. The molecular formula is C22H29NO4. The van der Waals surface area contributed by atoms with Crippen molar-refractivity contribution in [1.29, 1.82) is 0 Å². The maximum atomic E-state index is 11.9. The summed E-state index contributed by atoms with van der Waals surface area (Å²) in [7, 11) is 0. The molecule has 146 valence electrons. The monoisotopic (exact) mass is 371 g/mol. The summed E-state index contributed by atoms with van der Waals surface area (Å²) < 4.78 is 11.2. The molecule has 2 rings (SSSR count). The topological polar surface area (TPSA) is 67.8 Å². The summed E-state index contributed by atoms with van der Waals surface area (Å²) in [5.74, 6) is 1.08. The molecule has 5 nitrogen and oxygen atoms in total. The van der Waals surface area contributed by atoms with Crippen molar-refractivity contribution in [3.8, 4) is 17.2 Å². The predicted molar refractivity (Wildman–Crippen MR) is 108 cm³/mol. The van der Waals surface area contributed by atoms with E-state index in [2.05, 4.69) is 12.2 Å². The lowest BCUT2D eigenvalue weighted by Gasteiger charge is -2.10. The number of rotatable bonds is 12. The number of phenolic OH excluding ortho intramolecular Hbond substituents is 1. The lowest BCUT2D eigenvalue weighted by atomic mass is 10.1. The van der Waals surface area contributed by atoms with Crippen molar-refractivity contribution in [2.45, 2.75) is 45.4 Å². The van der Waals surface area contributed by atoms with Crippen LogP contribution >= 0.6 is 0 Å². The van der Waals surface area contributed by atoms with E-state index < -0.39 is 0 Å². The van der Waals surface area contributed by atoms with Gasteiger partial charge in [-0.3, -0.25) is 4.79 Å². The highest BCUT2D eigenvalue weighted by atomic mass is 16.5. The van der Waals surface area contributed by atoms with Crippen LogP contribution in [0.4, 0.5) is 5.69 Å². The maximum absolute atomic E-state index is 11.9. The Morgan fingerprint density at radius 3 is 2.22 bits per heavy atom. The van der Waals surface area contributed by atoms with Gasteiger partial charge in [-0.25, -0.2) is 0 Å². The van der Waals surface area contributed by atoms with Crippen LogP contribution in [0.2, 0.25) is 0 Å². The first-order valence-corrected chi connectivity index (χ1v) is 9.62. The molecule has 0 fully saturated rings. The molecule has 5 heteroatoms. The van der Waals surface area contributed by atoms with E-state index >= 15 is 0 Å². The summed E-state index contributed by atoms with van der Waals surface area (Å²) in [5, 5.41) is 12.3. The largest absolute Gasteiger partial charge is 0.506 e. The van der Waals surface area contributed by atoms with Gasteiger partial charge >= 0.3 is 0 Å². The summed E-state index contributed by atoms with van der Waals surface area (Å²) in [6.07, 6.45) is 7.42. The van der Waals surface area contributed by atoms with Gasteiger partial charge in [0, 0.05) is 0 Å². The SMILES string of the molecule is CCCCCCCCOc1ccc(OCC(=O)Nc2ccccc2O)cc1. The minimum atomic E-state index is -0.333. The van der Waals surface area contributed by atoms with Crippen molar-refractivity contribution in [2.75, 3.05) is 18.5 Å². The highest BCUT2D eigenvalue weighted by molar-refractivity contribution is 5.93. The number of hydrogen-bond acceptors (Lipinski definition) is 4. The fourth-order valence-electron chi connectivity index (χ4n) is 2.62. The molecule has 2 aromatic carbocycles. The average Bonchev–Trinajstić information content (AvgIpc) is 2.68. The molecule has 1 amide bonds. The van der Waals surface area contributed by atoms with Crippen LogP contribution in [0.5, 0.6) is 17.2 Å². The van der Waals surface area contributed by atoms with Crippen LogP contribution in [0.1, 0.15) is 45.4 Å². The Morgan fingerprint density at radius 1 is 0.889 bits per heavy atom. The second-order valence-electron chi connectivity index (χ2n) is 6.44. The minimum absolute atomic E-state index is 0.0257. The Labute approximate surface area is 161 Å². The summed E-state index contributed by atoms with van der Waals surface area (Å²) in [6.45, 7) is 2.80. The zero-order valence-corrected chi connectivity index (χ0v) is 15.9. The number of phenols is 1. The fourth-order valence-corrected chi connectivity index (χ4v) is 2.62. The lowest BCUT2D eigenvalue weighted by molar-refractivity contribution is -0.118. The van der Waals surface area contributed by atoms with Gasteiger partial charge in [0.25, 0.3) is 5.91 Å². The summed E-state index contributed by atoms with van der Waals surface area (Å²) in [5.41, 5.74) is 0.365. The third kappa shape index (κ3) is 8.03. The third-order valence-electron chi connectivity index (χ3n) is 4.14. The van der Waals surface area contributed by atoms with Gasteiger partial charge < -0.3 is 19.9 Å². The van der Waals surface area contributed by atoms with Gasteiger partial charge in [-0.1, -0.05) is 51.2 Å². The number of nitrogens with one attached hydrogen (secondary N) is 1. The first-order valence-electron chi connectivity index (χ1n) is 9.62. The molecule has 2 aromatic rings. The molecule has 0 aliphatic carbocycles. The molecule has 0 aliphatic rings. The molecule has 0 aliphatic heterocycles. The van der Waals surface area contributed by atoms with Gasteiger partial charge in [0.1, 0.15) is 17.2 Å². The van der Waals surface area contributed by atoms with Crippen LogP contribution in [0.3, 0.4) is 0 Å². The van der Waals surface area contributed by atoms with Crippen molar-refractivity contribution >= 4 is 11.6 Å². The first-order chi connectivity index (χ1) is 13.2. The number of anilines is 1. The quantitative estimate of drug-likeness (QED) is 0.400. The number of carbonyl (C=O) groups is 1. The van der Waals surface area contributed by atoms with E-state index in [-0.39, 0.29) is 18.3 Å². The minimum Gasteiger partial charge on any atom is -0.506 e. The highest BCUT2D eigenvalue weighted by Crippen LogP contribution is 2.22. The van der Waals surface area contributed by atoms with Crippen molar-refractivity contribution < 1.29 is 19.4 Å². The van der Waals surface area contributed by atoms with E-state index in [4.69, 9.17) is 9.47 Å². The Bertz CT molecular complexity index is 685. The number of amides is 1. The third-order valence-corrected chi connectivity index (χ3v) is 4.14. The van der Waals surface area contributed by atoms with E-state index in [1.165, 1.54) is 38.2 Å². The van der Waals surface area contributed by atoms with Gasteiger partial charge in [0.05, 0.1) is 12.3 Å². The Morgan fingerprint density at radius 2 is 1.52 bits per heavy atom. The summed E-state index contributed by atoms with van der Waals surface area (Å²) in [6, 6.07) is 13.8. The number of unbranched alkanes of at least 4 members (excludes halogenated alkanes) is 5. The van der Waals surface area contributed by atoms with Crippen LogP contribution in [-0.2, 0) is 4.79 Å². The van der Waals surface area contributed by atoms with Gasteiger partial charge in [-0.15, -0.1) is 0 Å². The van der Waals surface area contributed by atoms with Crippen LogP contribution in [-0.4, -0.2) is 24.2 Å². The molecule has 0 spiro atoms. The van der Waals surface area contributed by atoms with Gasteiger partial charge in [-0.05, 0) is 42.8 Å². The summed E-state index contributed by atoms with van der Waals surface area (Å²) in [4.78, 5) is 11.9. The molecule has 0 saturated carbocycles. The molecular weight excluding hydrogens is 342 g/mol. The molecule has 0 bridgehead atoms. The van der Waals surface area contributed by atoms with E-state index in [1.807, 2.05) is 12.1 Å². The highest BCUT2D eigenvalue weighted by Gasteiger charge is 2.06. The Kier molecular flexibility index (Phi) is 9.04. The van der Waals surface area contributed by atoms with Crippen LogP contribution in [0.25, 0.3) is 0 Å². The first kappa shape index (κ1) is 20.6. The normalized spacial score (nSPS) is 10.4. The molecule has 0 unspecified atom stereocenters. The number of carbonyl (C=O) groups excluding carboxylic acids is 1. The fraction of sp³-hybridized carbons (Fsp3) is 0.409. The molecule has 27 heavy (non-hydrogen) atoms. The predicted octanol–water partition coefficient (Wildman–Crippen LogP) is 5.15. The zero-order chi connectivity index (χ0) is 19.3. The van der Waals surface area contributed by atoms with Crippen LogP contribution < -0.4 is 14.8 Å². The smallest absolute Gasteiger partial charge is 0.262 e. The van der Waals surface area contributed by atoms with Gasteiger partial charge in [0.15, 0.2) is 6.61 Å². The van der Waals surface area contributed by atoms with E-state index in [0.29, 0.717) is 11.4 Å². The Balaban J connectivity index is 1.65. The molecule has 2 N–H and O–H groups in total. The van der Waals surface area contributed by atoms with Crippen molar-refractivity contribution in [1.82, 2.24) is 0 Å². The van der Waals surface area contributed by atoms with Gasteiger partial charge in [0.2, 0.25) is 0 Å². The number of aromatic hydroxyl groups is 1. The zero-order valence-electron chi connectivity index (χ0n) is 15.9. The van der Waals surface area contributed by atoms with Crippen LogP contribution in [0.15, 0.2) is 48.5 Å².